The van der Waals surface area contributed by atoms with Crippen molar-refractivity contribution in [2.45, 2.75) is 25.8 Å². The van der Waals surface area contributed by atoms with Crippen LogP contribution in [-0.4, -0.2) is 32.2 Å². The highest BCUT2D eigenvalue weighted by molar-refractivity contribution is 5.81. The van der Waals surface area contributed by atoms with Crippen molar-refractivity contribution in [2.24, 2.45) is 0 Å². The summed E-state index contributed by atoms with van der Waals surface area (Å²) in [6, 6.07) is 7.77. The first-order valence-electron chi connectivity index (χ1n) is 6.40. The Bertz CT molecular complexity index is 414. The van der Waals surface area contributed by atoms with Gasteiger partial charge in [0.15, 0.2) is 0 Å². The maximum absolute atomic E-state index is 11.5. The summed E-state index contributed by atoms with van der Waals surface area (Å²) in [4.78, 5) is 13.8. The SMILES string of the molecule is COC(=O)C(C)Nc1ccccc1N1CCCC1. The van der Waals surface area contributed by atoms with Crippen LogP contribution in [0.1, 0.15) is 19.8 Å². The average Bonchev–Trinajstić information content (AvgIpc) is 2.92. The molecule has 1 atom stereocenters. The second kappa shape index (κ2) is 5.76. The van der Waals surface area contributed by atoms with E-state index in [1.807, 2.05) is 25.1 Å². The first-order chi connectivity index (χ1) is 8.72. The van der Waals surface area contributed by atoms with Crippen LogP contribution in [0.2, 0.25) is 0 Å². The van der Waals surface area contributed by atoms with Gasteiger partial charge in [-0.1, -0.05) is 12.1 Å². The summed E-state index contributed by atoms with van der Waals surface area (Å²) >= 11 is 0. The van der Waals surface area contributed by atoms with Gasteiger partial charge in [0.05, 0.1) is 18.5 Å². The van der Waals surface area contributed by atoms with Crippen LogP contribution in [0, 0.1) is 0 Å². The minimum Gasteiger partial charge on any atom is -0.467 e. The number of carbonyl (C=O) groups is 1. The molecule has 0 aromatic heterocycles. The van der Waals surface area contributed by atoms with Gasteiger partial charge in [-0.3, -0.25) is 0 Å². The maximum atomic E-state index is 11.5. The molecule has 1 aromatic rings. The molecule has 1 aromatic carbocycles. The van der Waals surface area contributed by atoms with Crippen molar-refractivity contribution in [3.05, 3.63) is 24.3 Å². The number of esters is 1. The minimum atomic E-state index is -0.334. The Morgan fingerprint density at radius 2 is 2.00 bits per heavy atom. The van der Waals surface area contributed by atoms with Crippen molar-refractivity contribution < 1.29 is 9.53 Å². The highest BCUT2D eigenvalue weighted by Crippen LogP contribution is 2.29. The summed E-state index contributed by atoms with van der Waals surface area (Å²) in [6.07, 6.45) is 2.47. The lowest BCUT2D eigenvalue weighted by molar-refractivity contribution is -0.141. The molecule has 0 aliphatic carbocycles. The molecule has 1 heterocycles. The number of methoxy groups -OCH3 is 1. The molecule has 0 bridgehead atoms. The minimum absolute atomic E-state index is 0.244. The van der Waals surface area contributed by atoms with Crippen LogP contribution < -0.4 is 10.2 Å². The third-order valence-corrected chi connectivity index (χ3v) is 3.28. The summed E-state index contributed by atoms with van der Waals surface area (Å²) in [5.74, 6) is -0.244. The molecule has 1 unspecified atom stereocenters. The Kier molecular flexibility index (Phi) is 4.07. The lowest BCUT2D eigenvalue weighted by atomic mass is 10.2. The second-order valence-electron chi connectivity index (χ2n) is 4.60. The number of hydrogen-bond acceptors (Lipinski definition) is 4. The van der Waals surface area contributed by atoms with Crippen molar-refractivity contribution >= 4 is 17.3 Å². The Morgan fingerprint density at radius 3 is 2.67 bits per heavy atom. The zero-order valence-corrected chi connectivity index (χ0v) is 11.0. The molecule has 18 heavy (non-hydrogen) atoms. The summed E-state index contributed by atoms with van der Waals surface area (Å²) in [5, 5.41) is 3.22. The van der Waals surface area contributed by atoms with Gasteiger partial charge in [0.1, 0.15) is 6.04 Å². The maximum Gasteiger partial charge on any atom is 0.327 e. The van der Waals surface area contributed by atoms with Gasteiger partial charge in [0.2, 0.25) is 0 Å². The molecule has 0 amide bonds. The molecule has 2 rings (SSSR count). The van der Waals surface area contributed by atoms with E-state index in [2.05, 4.69) is 16.3 Å². The smallest absolute Gasteiger partial charge is 0.327 e. The topological polar surface area (TPSA) is 41.6 Å². The Morgan fingerprint density at radius 1 is 1.33 bits per heavy atom. The second-order valence-corrected chi connectivity index (χ2v) is 4.60. The summed E-state index contributed by atoms with van der Waals surface area (Å²) in [7, 11) is 1.41. The van der Waals surface area contributed by atoms with Gasteiger partial charge in [-0.25, -0.2) is 4.79 Å². The van der Waals surface area contributed by atoms with Crippen LogP contribution in [0.25, 0.3) is 0 Å². The van der Waals surface area contributed by atoms with Gasteiger partial charge >= 0.3 is 5.97 Å². The van der Waals surface area contributed by atoms with Gasteiger partial charge in [-0.15, -0.1) is 0 Å². The van der Waals surface area contributed by atoms with Crippen molar-refractivity contribution in [1.82, 2.24) is 0 Å². The fraction of sp³-hybridized carbons (Fsp3) is 0.500. The molecule has 1 fully saturated rings. The lowest BCUT2D eigenvalue weighted by Crippen LogP contribution is -2.28. The number of ether oxygens (including phenoxy) is 1. The first kappa shape index (κ1) is 12.7. The van der Waals surface area contributed by atoms with E-state index >= 15 is 0 Å². The molecular formula is C14H20N2O2. The predicted molar refractivity (Wildman–Crippen MR) is 73.0 cm³/mol. The number of carbonyl (C=O) groups excluding carboxylic acids is 1. The number of benzene rings is 1. The zero-order valence-electron chi connectivity index (χ0n) is 11.0. The summed E-state index contributed by atoms with van der Waals surface area (Å²) in [6.45, 7) is 3.99. The molecule has 1 aliphatic rings. The molecule has 0 radical (unpaired) electrons. The van der Waals surface area contributed by atoms with Gasteiger partial charge in [-0.05, 0) is 31.9 Å². The average molecular weight is 248 g/mol. The number of hydrogen-bond donors (Lipinski definition) is 1. The Labute approximate surface area is 108 Å². The molecule has 0 saturated carbocycles. The fourth-order valence-electron chi connectivity index (χ4n) is 2.30. The molecule has 4 nitrogen and oxygen atoms in total. The van der Waals surface area contributed by atoms with Crippen molar-refractivity contribution in [3.63, 3.8) is 0 Å². The molecule has 4 heteroatoms. The van der Waals surface area contributed by atoms with E-state index in [0.717, 1.165) is 18.8 Å². The lowest BCUT2D eigenvalue weighted by Gasteiger charge is -2.23. The van der Waals surface area contributed by atoms with Crippen molar-refractivity contribution in [1.29, 1.82) is 0 Å². The van der Waals surface area contributed by atoms with Crippen molar-refractivity contribution in [3.8, 4) is 0 Å². The predicted octanol–water partition coefficient (Wildman–Crippen LogP) is 2.26. The number of rotatable bonds is 4. The van der Waals surface area contributed by atoms with Crippen molar-refractivity contribution in [2.75, 3.05) is 30.4 Å². The molecule has 98 valence electrons. The van der Waals surface area contributed by atoms with E-state index in [-0.39, 0.29) is 12.0 Å². The van der Waals surface area contributed by atoms with E-state index in [4.69, 9.17) is 4.74 Å². The monoisotopic (exact) mass is 248 g/mol. The molecule has 1 saturated heterocycles. The van der Waals surface area contributed by atoms with Crippen LogP contribution in [0.5, 0.6) is 0 Å². The van der Waals surface area contributed by atoms with E-state index in [1.54, 1.807) is 0 Å². The van der Waals surface area contributed by atoms with E-state index in [9.17, 15) is 4.79 Å². The van der Waals surface area contributed by atoms with E-state index < -0.39 is 0 Å². The summed E-state index contributed by atoms with van der Waals surface area (Å²) in [5.41, 5.74) is 2.17. The quantitative estimate of drug-likeness (QED) is 0.830. The number of nitrogens with one attached hydrogen (secondary N) is 1. The van der Waals surface area contributed by atoms with Gasteiger partial charge in [-0.2, -0.15) is 0 Å². The van der Waals surface area contributed by atoms with Crippen LogP contribution in [0.15, 0.2) is 24.3 Å². The molecule has 1 N–H and O–H groups in total. The van der Waals surface area contributed by atoms with Crippen LogP contribution in [0.3, 0.4) is 0 Å². The molecule has 0 spiro atoms. The van der Waals surface area contributed by atoms with E-state index in [0.29, 0.717) is 0 Å². The normalized spacial score (nSPS) is 16.4. The van der Waals surface area contributed by atoms with Gasteiger partial charge < -0.3 is 15.0 Å². The van der Waals surface area contributed by atoms with Gasteiger partial charge in [0.25, 0.3) is 0 Å². The highest BCUT2D eigenvalue weighted by atomic mass is 16.5. The third kappa shape index (κ3) is 2.75. The highest BCUT2D eigenvalue weighted by Gasteiger charge is 2.18. The molecular weight excluding hydrogens is 228 g/mol. The number of anilines is 2. The number of para-hydroxylation sites is 2. The fourth-order valence-corrected chi connectivity index (χ4v) is 2.30. The standard InChI is InChI=1S/C14H20N2O2/c1-11(14(17)18-2)15-12-7-3-4-8-13(12)16-9-5-6-10-16/h3-4,7-8,11,15H,5-6,9-10H2,1-2H3. The Balaban J connectivity index is 2.14. The third-order valence-electron chi connectivity index (χ3n) is 3.28. The zero-order chi connectivity index (χ0) is 13.0. The molecule has 1 aliphatic heterocycles. The Hall–Kier alpha value is -1.71. The largest absolute Gasteiger partial charge is 0.467 e. The summed E-state index contributed by atoms with van der Waals surface area (Å²) < 4.78 is 4.73. The first-order valence-corrected chi connectivity index (χ1v) is 6.40. The van der Waals surface area contributed by atoms with Crippen LogP contribution in [0.4, 0.5) is 11.4 Å². The number of nitrogens with zero attached hydrogens (tertiary/aromatic N) is 1. The van der Waals surface area contributed by atoms with Crippen LogP contribution >= 0.6 is 0 Å². The van der Waals surface area contributed by atoms with Gasteiger partial charge in [0, 0.05) is 13.1 Å². The van der Waals surface area contributed by atoms with Crippen LogP contribution in [-0.2, 0) is 9.53 Å². The van der Waals surface area contributed by atoms with E-state index in [1.165, 1.54) is 25.6 Å².